The van der Waals surface area contributed by atoms with Gasteiger partial charge >= 0.3 is 5.97 Å². The van der Waals surface area contributed by atoms with Crippen LogP contribution >= 0.6 is 0 Å². The van der Waals surface area contributed by atoms with Gasteiger partial charge in [0.05, 0.1) is 12.7 Å². The summed E-state index contributed by atoms with van der Waals surface area (Å²) in [6.45, 7) is 3.54. The number of hydrogen-bond acceptors (Lipinski definition) is 3. The van der Waals surface area contributed by atoms with Crippen LogP contribution in [-0.4, -0.2) is 30.0 Å². The molecule has 0 bridgehead atoms. The van der Waals surface area contributed by atoms with Crippen molar-refractivity contribution in [3.8, 4) is 0 Å². The Balaban J connectivity index is 3.82. The van der Waals surface area contributed by atoms with Gasteiger partial charge in [0, 0.05) is 0 Å². The third-order valence-corrected chi connectivity index (χ3v) is 1.43. The van der Waals surface area contributed by atoms with Crippen molar-refractivity contribution in [1.82, 2.24) is 0 Å². The van der Waals surface area contributed by atoms with Crippen LogP contribution < -0.4 is 0 Å². The van der Waals surface area contributed by atoms with E-state index in [1.807, 2.05) is 0 Å². The Hall–Kier alpha value is -0.640. The molecule has 0 spiro atoms. The largest absolute Gasteiger partial charge is 0.464 e. The summed E-state index contributed by atoms with van der Waals surface area (Å²) in [7, 11) is 0. The topological polar surface area (TPSA) is 46.5 Å². The van der Waals surface area contributed by atoms with Gasteiger partial charge in [-0.25, -0.2) is 9.18 Å². The first-order valence-electron chi connectivity index (χ1n) is 4.12. The van der Waals surface area contributed by atoms with Crippen molar-refractivity contribution in [2.75, 3.05) is 6.61 Å². The number of aliphatic hydroxyl groups is 1. The second kappa shape index (κ2) is 5.94. The fourth-order valence-electron chi connectivity index (χ4n) is 0.821. The van der Waals surface area contributed by atoms with Gasteiger partial charge in [-0.1, -0.05) is 13.3 Å². The second-order valence-corrected chi connectivity index (χ2v) is 2.51. The summed E-state index contributed by atoms with van der Waals surface area (Å²) < 4.78 is 17.2. The van der Waals surface area contributed by atoms with Gasteiger partial charge in [0.2, 0.25) is 6.17 Å². The molecule has 0 aromatic rings. The van der Waals surface area contributed by atoms with Crippen LogP contribution in [-0.2, 0) is 9.53 Å². The van der Waals surface area contributed by atoms with Gasteiger partial charge < -0.3 is 9.84 Å². The maximum absolute atomic E-state index is 12.8. The highest BCUT2D eigenvalue weighted by Gasteiger charge is 2.26. The van der Waals surface area contributed by atoms with E-state index in [4.69, 9.17) is 5.11 Å². The molecule has 0 rings (SSSR count). The van der Waals surface area contributed by atoms with E-state index in [-0.39, 0.29) is 13.0 Å². The average molecular weight is 178 g/mol. The molecule has 0 unspecified atom stereocenters. The lowest BCUT2D eigenvalue weighted by Gasteiger charge is -2.12. The third kappa shape index (κ3) is 3.67. The smallest absolute Gasteiger partial charge is 0.343 e. The number of alkyl halides is 1. The summed E-state index contributed by atoms with van der Waals surface area (Å²) in [6, 6.07) is 0. The molecule has 4 heteroatoms. The first kappa shape index (κ1) is 11.4. The van der Waals surface area contributed by atoms with E-state index in [0.29, 0.717) is 6.42 Å². The SMILES string of the molecule is CCC[C@@H](O)[C@H](F)C(=O)OCC. The number of hydrogen-bond donors (Lipinski definition) is 1. The van der Waals surface area contributed by atoms with Crippen LogP contribution in [0.1, 0.15) is 26.7 Å². The molecule has 0 saturated carbocycles. The van der Waals surface area contributed by atoms with Crippen LogP contribution in [0.4, 0.5) is 4.39 Å². The molecule has 0 aliphatic carbocycles. The number of rotatable bonds is 5. The summed E-state index contributed by atoms with van der Waals surface area (Å²) in [5.74, 6) is -0.974. The lowest BCUT2D eigenvalue weighted by molar-refractivity contribution is -0.153. The number of carbonyl (C=O) groups is 1. The Morgan fingerprint density at radius 2 is 2.17 bits per heavy atom. The molecule has 2 atom stereocenters. The monoisotopic (exact) mass is 178 g/mol. The Morgan fingerprint density at radius 3 is 2.58 bits per heavy atom. The fourth-order valence-corrected chi connectivity index (χ4v) is 0.821. The lowest BCUT2D eigenvalue weighted by Crippen LogP contribution is -2.31. The molecule has 0 fully saturated rings. The molecule has 0 heterocycles. The van der Waals surface area contributed by atoms with Gasteiger partial charge in [0.25, 0.3) is 0 Å². The van der Waals surface area contributed by atoms with Crippen LogP contribution in [0.2, 0.25) is 0 Å². The van der Waals surface area contributed by atoms with Crippen LogP contribution in [0, 0.1) is 0 Å². The van der Waals surface area contributed by atoms with E-state index < -0.39 is 18.2 Å². The normalized spacial score (nSPS) is 15.3. The molecule has 3 nitrogen and oxygen atoms in total. The minimum Gasteiger partial charge on any atom is -0.464 e. The highest BCUT2D eigenvalue weighted by molar-refractivity contribution is 5.75. The van der Waals surface area contributed by atoms with Crippen molar-refractivity contribution in [1.29, 1.82) is 0 Å². The molecule has 0 amide bonds. The Morgan fingerprint density at radius 1 is 1.58 bits per heavy atom. The fraction of sp³-hybridized carbons (Fsp3) is 0.875. The summed E-state index contributed by atoms with van der Waals surface area (Å²) in [5, 5.41) is 9.04. The quantitative estimate of drug-likeness (QED) is 0.640. The lowest BCUT2D eigenvalue weighted by atomic mass is 10.1. The predicted octanol–water partition coefficient (Wildman–Crippen LogP) is 1.05. The standard InChI is InChI=1S/C8H15FO3/c1-3-5-6(10)7(9)8(11)12-4-2/h6-7,10H,3-5H2,1-2H3/t6-,7+/m1/s1. The minimum atomic E-state index is -1.90. The van der Waals surface area contributed by atoms with E-state index in [1.165, 1.54) is 0 Å². The molecule has 0 aliphatic rings. The zero-order chi connectivity index (χ0) is 9.56. The van der Waals surface area contributed by atoms with E-state index in [1.54, 1.807) is 13.8 Å². The van der Waals surface area contributed by atoms with Gasteiger partial charge in [-0.15, -0.1) is 0 Å². The minimum absolute atomic E-state index is 0.137. The Bertz CT molecular complexity index is 138. The van der Waals surface area contributed by atoms with Crippen LogP contribution in [0.3, 0.4) is 0 Å². The molecule has 72 valence electrons. The number of ether oxygens (including phenoxy) is 1. The zero-order valence-electron chi connectivity index (χ0n) is 7.42. The highest BCUT2D eigenvalue weighted by Crippen LogP contribution is 2.07. The molecule has 0 aromatic carbocycles. The summed E-state index contributed by atoms with van der Waals surface area (Å²) in [4.78, 5) is 10.7. The maximum Gasteiger partial charge on any atom is 0.343 e. The number of halogens is 1. The second-order valence-electron chi connectivity index (χ2n) is 2.51. The molecule has 0 radical (unpaired) electrons. The predicted molar refractivity (Wildman–Crippen MR) is 42.4 cm³/mol. The summed E-state index contributed by atoms with van der Waals surface area (Å²) in [6.07, 6.45) is -2.21. The van der Waals surface area contributed by atoms with E-state index in [2.05, 4.69) is 4.74 Å². The number of carbonyl (C=O) groups excluding carboxylic acids is 1. The van der Waals surface area contributed by atoms with Crippen molar-refractivity contribution >= 4 is 5.97 Å². The van der Waals surface area contributed by atoms with Crippen LogP contribution in [0.5, 0.6) is 0 Å². The van der Waals surface area contributed by atoms with Crippen LogP contribution in [0.25, 0.3) is 0 Å². The van der Waals surface area contributed by atoms with E-state index >= 15 is 0 Å². The van der Waals surface area contributed by atoms with Crippen molar-refractivity contribution < 1.29 is 19.0 Å². The van der Waals surface area contributed by atoms with Gasteiger partial charge in [0.1, 0.15) is 0 Å². The van der Waals surface area contributed by atoms with Crippen molar-refractivity contribution in [2.45, 2.75) is 39.0 Å². The van der Waals surface area contributed by atoms with Crippen molar-refractivity contribution in [2.24, 2.45) is 0 Å². The van der Waals surface area contributed by atoms with Crippen molar-refractivity contribution in [3.05, 3.63) is 0 Å². The van der Waals surface area contributed by atoms with Gasteiger partial charge in [-0.05, 0) is 13.3 Å². The van der Waals surface area contributed by atoms with Gasteiger partial charge in [0.15, 0.2) is 0 Å². The first-order chi connectivity index (χ1) is 5.63. The van der Waals surface area contributed by atoms with Crippen molar-refractivity contribution in [3.63, 3.8) is 0 Å². The van der Waals surface area contributed by atoms with E-state index in [9.17, 15) is 9.18 Å². The molecule has 0 aromatic heterocycles. The first-order valence-corrected chi connectivity index (χ1v) is 4.12. The third-order valence-electron chi connectivity index (χ3n) is 1.43. The molecule has 0 aliphatic heterocycles. The average Bonchev–Trinajstić information content (AvgIpc) is 2.04. The highest BCUT2D eigenvalue weighted by atomic mass is 19.1. The number of aliphatic hydroxyl groups excluding tert-OH is 1. The number of esters is 1. The Labute approximate surface area is 71.5 Å². The zero-order valence-corrected chi connectivity index (χ0v) is 7.42. The summed E-state index contributed by atoms with van der Waals surface area (Å²) in [5.41, 5.74) is 0. The molecule has 12 heavy (non-hydrogen) atoms. The molecule has 1 N–H and O–H groups in total. The van der Waals surface area contributed by atoms with E-state index in [0.717, 1.165) is 0 Å². The summed E-state index contributed by atoms with van der Waals surface area (Å²) >= 11 is 0. The van der Waals surface area contributed by atoms with Crippen LogP contribution in [0.15, 0.2) is 0 Å². The van der Waals surface area contributed by atoms with Gasteiger partial charge in [-0.3, -0.25) is 0 Å². The maximum atomic E-state index is 12.8. The Kier molecular flexibility index (Phi) is 5.62. The molecular formula is C8H15FO3. The van der Waals surface area contributed by atoms with Gasteiger partial charge in [-0.2, -0.15) is 0 Å². The molecule has 0 saturated heterocycles. The molecular weight excluding hydrogens is 163 g/mol.